The number of ether oxygens (including phenoxy) is 2. The Kier molecular flexibility index (Phi) is 26.1. The summed E-state index contributed by atoms with van der Waals surface area (Å²) < 4.78 is 10.5. The van der Waals surface area contributed by atoms with Crippen molar-refractivity contribution in [3.8, 4) is 0 Å². The number of rotatable bonds is 12. The molecule has 9 heteroatoms. The van der Waals surface area contributed by atoms with Crippen molar-refractivity contribution in [2.45, 2.75) is 64.2 Å². The van der Waals surface area contributed by atoms with Gasteiger partial charge in [0.15, 0.2) is 0 Å². The Balaban J connectivity index is -0.000000859. The van der Waals surface area contributed by atoms with Crippen molar-refractivity contribution in [2.24, 2.45) is 5.92 Å². The van der Waals surface area contributed by atoms with E-state index < -0.39 is 5.97 Å². The Morgan fingerprint density at radius 3 is 1.81 bits per heavy atom. The van der Waals surface area contributed by atoms with Crippen LogP contribution in [0.1, 0.15) is 64.2 Å². The van der Waals surface area contributed by atoms with Gasteiger partial charge in [-0.1, -0.05) is 44.9 Å². The quantitative estimate of drug-likeness (QED) is 0.222. The molecule has 2 amide bonds. The summed E-state index contributed by atoms with van der Waals surface area (Å²) in [4.78, 5) is 33.1. The van der Waals surface area contributed by atoms with Crippen LogP contribution in [0.3, 0.4) is 0 Å². The molecule has 0 aromatic heterocycles. The maximum atomic E-state index is 11.7. The predicted octanol–water partition coefficient (Wildman–Crippen LogP) is 2.77. The Morgan fingerprint density at radius 2 is 1.29 bits per heavy atom. The van der Waals surface area contributed by atoms with Gasteiger partial charge in [0.05, 0.1) is 26.4 Å². The fourth-order valence-electron chi connectivity index (χ4n) is 3.21. The molecule has 0 radical (unpaired) electrons. The van der Waals surface area contributed by atoms with E-state index in [0.717, 1.165) is 25.7 Å². The monoisotopic (exact) mass is 486 g/mol. The van der Waals surface area contributed by atoms with Gasteiger partial charge in [0.25, 0.3) is 0 Å². The van der Waals surface area contributed by atoms with Gasteiger partial charge >= 0.3 is 23.0 Å². The van der Waals surface area contributed by atoms with Crippen molar-refractivity contribution in [2.75, 3.05) is 39.5 Å². The molecule has 31 heavy (non-hydrogen) atoms. The third-order valence-electron chi connectivity index (χ3n) is 4.80. The zero-order valence-electron chi connectivity index (χ0n) is 19.2. The van der Waals surface area contributed by atoms with E-state index in [2.05, 4.69) is 10.6 Å². The Labute approximate surface area is 199 Å². The largest absolute Gasteiger partial charge is 2.00 e. The molecule has 0 atom stereocenters. The van der Waals surface area contributed by atoms with Crippen molar-refractivity contribution in [1.82, 2.24) is 10.6 Å². The second-order valence-electron chi connectivity index (χ2n) is 7.19. The van der Waals surface area contributed by atoms with E-state index in [9.17, 15) is 14.4 Å². The Bertz CT molecular complexity index is 448. The number of nitrogens with one attached hydrogen (secondary N) is 2. The average Bonchev–Trinajstić information content (AvgIpc) is 3.41. The molecule has 0 heterocycles. The molecule has 0 spiro atoms. The van der Waals surface area contributed by atoms with E-state index in [-0.39, 0.29) is 69.2 Å². The molecule has 2 rings (SSSR count). The molecule has 0 bridgehead atoms. The van der Waals surface area contributed by atoms with Gasteiger partial charge in [-0.15, -0.1) is 0 Å². The van der Waals surface area contributed by atoms with Crippen molar-refractivity contribution in [3.05, 3.63) is 14.9 Å². The van der Waals surface area contributed by atoms with Crippen LogP contribution < -0.4 is 10.6 Å². The van der Waals surface area contributed by atoms with E-state index >= 15 is 0 Å². The van der Waals surface area contributed by atoms with Gasteiger partial charge in [0.1, 0.15) is 6.54 Å². The van der Waals surface area contributed by atoms with Crippen LogP contribution in [0.2, 0.25) is 0 Å². The van der Waals surface area contributed by atoms with Crippen molar-refractivity contribution < 1.29 is 46.0 Å². The van der Waals surface area contributed by atoms with E-state index in [1.54, 1.807) is 0 Å². The molecule has 3 N–H and O–H groups in total. The van der Waals surface area contributed by atoms with Crippen molar-refractivity contribution in [3.63, 3.8) is 0 Å². The fraction of sp³-hybridized carbons (Fsp3) is 0.773. The van der Waals surface area contributed by atoms with E-state index in [0.29, 0.717) is 26.4 Å². The average molecular weight is 486 g/mol. The number of carboxylic acids is 1. The molecular weight excluding hydrogens is 444 g/mol. The number of aliphatic carboxylic acids is 1. The standard InChI is InChI=1S/C15H26N2O6.C5H10.2CH3.Fe/c18-13(17-11-14(19)20)5-7-22-9-10-23-8-6-16-15(21)12-3-1-2-4-12;1-2-4-5-3-1;;;/h12H,1-11H2,(H,16,21)(H,17,18)(H,19,20);1-5H2;2*1H3;/q;;2*-1;+2. The molecule has 2 fully saturated rings. The topological polar surface area (TPSA) is 114 Å². The first kappa shape index (κ1) is 34.5. The summed E-state index contributed by atoms with van der Waals surface area (Å²) in [6, 6.07) is 0. The van der Waals surface area contributed by atoms with E-state index in [1.165, 1.54) is 32.1 Å². The van der Waals surface area contributed by atoms with Gasteiger partial charge in [-0.3, -0.25) is 14.4 Å². The molecule has 0 unspecified atom stereocenters. The first-order chi connectivity index (χ1) is 13.6. The molecule has 0 aromatic rings. The van der Waals surface area contributed by atoms with Crippen LogP contribution in [-0.2, 0) is 40.9 Å². The van der Waals surface area contributed by atoms with Crippen LogP contribution in [0.25, 0.3) is 0 Å². The second kappa shape index (κ2) is 23.5. The minimum absolute atomic E-state index is 0. The SMILES string of the molecule is C1CCCC1.O=C(O)CNC(=O)CCOCCOCCNC(=O)C1CCCC1.[CH3-].[CH3-].[Fe+2]. The predicted molar refractivity (Wildman–Crippen MR) is 118 cm³/mol. The van der Waals surface area contributed by atoms with Crippen LogP contribution in [0.4, 0.5) is 0 Å². The van der Waals surface area contributed by atoms with Gasteiger partial charge in [0.2, 0.25) is 11.8 Å². The molecule has 0 aliphatic heterocycles. The summed E-state index contributed by atoms with van der Waals surface area (Å²) in [7, 11) is 0. The number of carbonyl (C=O) groups is 3. The minimum atomic E-state index is -1.08. The van der Waals surface area contributed by atoms with Crippen LogP contribution in [0.15, 0.2) is 0 Å². The van der Waals surface area contributed by atoms with Crippen LogP contribution in [0, 0.1) is 20.8 Å². The third-order valence-corrected chi connectivity index (χ3v) is 4.80. The van der Waals surface area contributed by atoms with Gasteiger partial charge in [0, 0.05) is 18.9 Å². The number of hydrogen-bond donors (Lipinski definition) is 3. The smallest absolute Gasteiger partial charge is 0.480 e. The van der Waals surface area contributed by atoms with Gasteiger partial charge in [-0.2, -0.15) is 0 Å². The zero-order valence-corrected chi connectivity index (χ0v) is 20.3. The fourth-order valence-corrected chi connectivity index (χ4v) is 3.21. The second-order valence-corrected chi connectivity index (χ2v) is 7.19. The maximum Gasteiger partial charge on any atom is 2.00 e. The van der Waals surface area contributed by atoms with E-state index in [4.69, 9.17) is 14.6 Å². The number of carbonyl (C=O) groups excluding carboxylic acids is 2. The van der Waals surface area contributed by atoms with Crippen LogP contribution in [-0.4, -0.2) is 62.4 Å². The maximum absolute atomic E-state index is 11.7. The molecule has 0 aromatic carbocycles. The van der Waals surface area contributed by atoms with Gasteiger partial charge < -0.3 is 40.1 Å². The number of carboxylic acid groups (broad SMARTS) is 1. The van der Waals surface area contributed by atoms with Crippen molar-refractivity contribution in [1.29, 1.82) is 0 Å². The summed E-state index contributed by atoms with van der Waals surface area (Å²) in [5, 5.41) is 13.5. The zero-order chi connectivity index (χ0) is 20.5. The van der Waals surface area contributed by atoms with E-state index in [1.807, 2.05) is 0 Å². The molecular formula is C22H42FeN2O6. The van der Waals surface area contributed by atoms with Crippen LogP contribution >= 0.6 is 0 Å². The summed E-state index contributed by atoms with van der Waals surface area (Å²) >= 11 is 0. The van der Waals surface area contributed by atoms with Gasteiger partial charge in [-0.05, 0) is 12.8 Å². The summed E-state index contributed by atoms with van der Waals surface area (Å²) in [5.41, 5.74) is 0. The molecule has 0 saturated heterocycles. The van der Waals surface area contributed by atoms with Crippen molar-refractivity contribution >= 4 is 17.8 Å². The molecule has 184 valence electrons. The molecule has 8 nitrogen and oxygen atoms in total. The number of amides is 2. The normalized spacial score (nSPS) is 14.7. The Morgan fingerprint density at radius 1 is 0.774 bits per heavy atom. The number of hydrogen-bond acceptors (Lipinski definition) is 5. The first-order valence-corrected chi connectivity index (χ1v) is 10.5. The summed E-state index contributed by atoms with van der Waals surface area (Å²) in [5.74, 6) is -1.14. The first-order valence-electron chi connectivity index (χ1n) is 10.5. The van der Waals surface area contributed by atoms with Gasteiger partial charge in [-0.25, -0.2) is 0 Å². The third kappa shape index (κ3) is 20.5. The van der Waals surface area contributed by atoms with Crippen LogP contribution in [0.5, 0.6) is 0 Å². The Hall–Kier alpha value is -1.15. The summed E-state index contributed by atoms with van der Waals surface area (Å²) in [6.45, 7) is 1.49. The minimum Gasteiger partial charge on any atom is -0.480 e. The molecule has 2 aliphatic carbocycles. The molecule has 2 saturated carbocycles. The molecule has 2 aliphatic rings. The summed E-state index contributed by atoms with van der Waals surface area (Å²) in [6.07, 6.45) is 11.9.